The van der Waals surface area contributed by atoms with Gasteiger partial charge in [-0.2, -0.15) is 5.10 Å². The van der Waals surface area contributed by atoms with Gasteiger partial charge in [0.05, 0.1) is 18.1 Å². The van der Waals surface area contributed by atoms with E-state index in [4.69, 9.17) is 12.2 Å². The second-order valence-electron chi connectivity index (χ2n) is 6.41. The van der Waals surface area contributed by atoms with E-state index < -0.39 is 15.9 Å². The summed E-state index contributed by atoms with van der Waals surface area (Å²) in [5, 5.41) is 9.82. The summed E-state index contributed by atoms with van der Waals surface area (Å²) in [5.41, 5.74) is 0.837. The predicted octanol–water partition coefficient (Wildman–Crippen LogP) is 1.05. The van der Waals surface area contributed by atoms with Crippen LogP contribution in [0.2, 0.25) is 0 Å². The van der Waals surface area contributed by atoms with Gasteiger partial charge in [-0.1, -0.05) is 30.3 Å². The number of carbonyl (C=O) groups excluding carboxylic acids is 1. The first-order valence-corrected chi connectivity index (χ1v) is 11.1. The van der Waals surface area contributed by atoms with Crippen molar-refractivity contribution in [1.29, 1.82) is 0 Å². The summed E-state index contributed by atoms with van der Waals surface area (Å²) in [5.74, 6) is 0.608. The van der Waals surface area contributed by atoms with E-state index in [1.165, 1.54) is 0 Å². The summed E-state index contributed by atoms with van der Waals surface area (Å²) in [6.07, 6.45) is 0. The summed E-state index contributed by atoms with van der Waals surface area (Å²) in [4.78, 5) is 14.9. The van der Waals surface area contributed by atoms with Gasteiger partial charge in [0.25, 0.3) is 0 Å². The molecule has 1 aliphatic rings. The van der Waals surface area contributed by atoms with Crippen LogP contribution in [0, 0.1) is 4.77 Å². The molecule has 0 saturated carbocycles. The second-order valence-corrected chi connectivity index (χ2v) is 9.10. The molecular weight excluding hydrogens is 386 g/mol. The van der Waals surface area contributed by atoms with Crippen molar-refractivity contribution in [1.82, 2.24) is 25.0 Å². The number of hydrogen-bond acceptors (Lipinski definition) is 6. The van der Waals surface area contributed by atoms with Crippen molar-refractivity contribution < 1.29 is 13.2 Å². The molecule has 10 heteroatoms. The van der Waals surface area contributed by atoms with Gasteiger partial charge in [-0.25, -0.2) is 8.42 Å². The molecule has 1 aromatic heterocycles. The molecular formula is C17H23N5O3S2. The van der Waals surface area contributed by atoms with E-state index in [9.17, 15) is 13.2 Å². The molecule has 146 valence electrons. The van der Waals surface area contributed by atoms with Crippen molar-refractivity contribution in [2.75, 3.05) is 24.6 Å². The van der Waals surface area contributed by atoms with Crippen molar-refractivity contribution in [3.05, 3.63) is 46.5 Å². The Kier molecular flexibility index (Phi) is 6.08. The molecule has 2 aromatic rings. The van der Waals surface area contributed by atoms with Crippen LogP contribution in [0.5, 0.6) is 0 Å². The number of hydrogen-bond donors (Lipinski definition) is 2. The number of H-pyrrole nitrogens is 1. The number of amides is 1. The molecule has 27 heavy (non-hydrogen) atoms. The standard InChI is InChI=1S/C17H23N5O3S2/c1-2-22-14(19-20-17(22)26)12-18-16(23)15(13-6-4-3-5-7-13)21-8-10-27(24,25)11-9-21/h3-7,15H,2,8-12H2,1H3,(H,18,23)(H,20,26). The molecule has 2 heterocycles. The van der Waals surface area contributed by atoms with Crippen molar-refractivity contribution in [3.63, 3.8) is 0 Å². The zero-order valence-electron chi connectivity index (χ0n) is 15.1. The van der Waals surface area contributed by atoms with Gasteiger partial charge >= 0.3 is 0 Å². The Morgan fingerprint density at radius 3 is 2.59 bits per heavy atom. The van der Waals surface area contributed by atoms with E-state index in [0.29, 0.717) is 30.2 Å². The van der Waals surface area contributed by atoms with E-state index in [0.717, 1.165) is 5.56 Å². The Hall–Kier alpha value is -2.04. The number of aromatic amines is 1. The maximum absolute atomic E-state index is 13.0. The Bertz CT molecular complexity index is 938. The van der Waals surface area contributed by atoms with Crippen LogP contribution in [0.3, 0.4) is 0 Å². The fourth-order valence-corrected chi connectivity index (χ4v) is 4.73. The molecule has 1 amide bonds. The first-order chi connectivity index (χ1) is 12.9. The van der Waals surface area contributed by atoms with E-state index in [1.807, 2.05) is 46.7 Å². The normalized spacial score (nSPS) is 18.1. The average Bonchev–Trinajstić information content (AvgIpc) is 3.02. The number of benzene rings is 1. The maximum Gasteiger partial charge on any atom is 0.242 e. The zero-order chi connectivity index (χ0) is 19.4. The second kappa shape index (κ2) is 8.32. The lowest BCUT2D eigenvalue weighted by Crippen LogP contribution is -2.47. The van der Waals surface area contributed by atoms with Crippen LogP contribution in [0.4, 0.5) is 0 Å². The van der Waals surface area contributed by atoms with Crippen LogP contribution in [-0.2, 0) is 27.7 Å². The highest BCUT2D eigenvalue weighted by Crippen LogP contribution is 2.23. The molecule has 0 spiro atoms. The van der Waals surface area contributed by atoms with Gasteiger partial charge in [-0.15, -0.1) is 0 Å². The maximum atomic E-state index is 13.0. The number of nitrogens with one attached hydrogen (secondary N) is 2. The van der Waals surface area contributed by atoms with Crippen LogP contribution in [0.1, 0.15) is 24.4 Å². The average molecular weight is 410 g/mol. The number of carbonyl (C=O) groups is 1. The highest BCUT2D eigenvalue weighted by atomic mass is 32.2. The van der Waals surface area contributed by atoms with Gasteiger partial charge in [0.1, 0.15) is 6.04 Å². The van der Waals surface area contributed by atoms with Gasteiger partial charge in [0.2, 0.25) is 5.91 Å². The molecule has 1 atom stereocenters. The number of rotatable bonds is 6. The lowest BCUT2D eigenvalue weighted by Gasteiger charge is -2.33. The van der Waals surface area contributed by atoms with Gasteiger partial charge < -0.3 is 9.88 Å². The molecule has 3 rings (SSSR count). The first-order valence-electron chi connectivity index (χ1n) is 8.82. The molecule has 1 saturated heterocycles. The molecule has 2 N–H and O–H groups in total. The number of sulfone groups is 1. The molecule has 1 unspecified atom stereocenters. The van der Waals surface area contributed by atoms with Crippen molar-refractivity contribution in [3.8, 4) is 0 Å². The van der Waals surface area contributed by atoms with E-state index in [1.54, 1.807) is 0 Å². The van der Waals surface area contributed by atoms with Crippen LogP contribution in [0.25, 0.3) is 0 Å². The van der Waals surface area contributed by atoms with Gasteiger partial charge in [0, 0.05) is 19.6 Å². The minimum Gasteiger partial charge on any atom is -0.347 e. The molecule has 8 nitrogen and oxygen atoms in total. The Balaban J connectivity index is 1.78. The number of nitrogens with zero attached hydrogens (tertiary/aromatic N) is 3. The fraction of sp³-hybridized carbons (Fsp3) is 0.471. The van der Waals surface area contributed by atoms with Gasteiger partial charge in [-0.05, 0) is 24.7 Å². The molecule has 1 aliphatic heterocycles. The third-order valence-electron chi connectivity index (χ3n) is 4.68. The molecule has 0 aliphatic carbocycles. The van der Waals surface area contributed by atoms with E-state index in [-0.39, 0.29) is 24.0 Å². The monoisotopic (exact) mass is 409 g/mol. The summed E-state index contributed by atoms with van der Waals surface area (Å²) >= 11 is 5.17. The lowest BCUT2D eigenvalue weighted by atomic mass is 10.0. The summed E-state index contributed by atoms with van der Waals surface area (Å²) in [6.45, 7) is 3.53. The summed E-state index contributed by atoms with van der Waals surface area (Å²) in [6, 6.07) is 8.86. The highest BCUT2D eigenvalue weighted by Gasteiger charge is 2.32. The van der Waals surface area contributed by atoms with Gasteiger partial charge in [0.15, 0.2) is 20.4 Å². The lowest BCUT2D eigenvalue weighted by molar-refractivity contribution is -0.126. The summed E-state index contributed by atoms with van der Waals surface area (Å²) < 4.78 is 25.9. The minimum absolute atomic E-state index is 0.0676. The van der Waals surface area contributed by atoms with E-state index >= 15 is 0 Å². The smallest absolute Gasteiger partial charge is 0.242 e. The van der Waals surface area contributed by atoms with Crippen molar-refractivity contribution >= 4 is 28.0 Å². The quantitative estimate of drug-likeness (QED) is 0.692. The predicted molar refractivity (Wildman–Crippen MR) is 104 cm³/mol. The van der Waals surface area contributed by atoms with E-state index in [2.05, 4.69) is 15.5 Å². The third-order valence-corrected chi connectivity index (χ3v) is 6.60. The Labute approximate surface area is 163 Å². The van der Waals surface area contributed by atoms with Crippen LogP contribution in [-0.4, -0.2) is 58.6 Å². The molecule has 1 fully saturated rings. The largest absolute Gasteiger partial charge is 0.347 e. The fourth-order valence-electron chi connectivity index (χ4n) is 3.22. The molecule has 1 aromatic carbocycles. The topological polar surface area (TPSA) is 100 Å². The molecule has 0 radical (unpaired) electrons. The Morgan fingerprint density at radius 2 is 1.96 bits per heavy atom. The van der Waals surface area contributed by atoms with Crippen molar-refractivity contribution in [2.24, 2.45) is 0 Å². The minimum atomic E-state index is -3.02. The SMILES string of the molecule is CCn1c(CNC(=O)C(c2ccccc2)N2CCS(=O)(=O)CC2)n[nH]c1=S. The zero-order valence-corrected chi connectivity index (χ0v) is 16.7. The first kappa shape index (κ1) is 19.7. The Morgan fingerprint density at radius 1 is 1.30 bits per heavy atom. The third kappa shape index (κ3) is 4.63. The van der Waals surface area contributed by atoms with Crippen molar-refractivity contribution in [2.45, 2.75) is 26.1 Å². The summed E-state index contributed by atoms with van der Waals surface area (Å²) in [7, 11) is -3.02. The number of aromatic nitrogens is 3. The van der Waals surface area contributed by atoms with Gasteiger partial charge in [-0.3, -0.25) is 14.8 Å². The van der Waals surface area contributed by atoms with Crippen LogP contribution >= 0.6 is 12.2 Å². The van der Waals surface area contributed by atoms with Crippen LogP contribution < -0.4 is 5.32 Å². The molecule has 0 bridgehead atoms. The van der Waals surface area contributed by atoms with Crippen LogP contribution in [0.15, 0.2) is 30.3 Å². The highest BCUT2D eigenvalue weighted by molar-refractivity contribution is 7.91.